The summed E-state index contributed by atoms with van der Waals surface area (Å²) in [6, 6.07) is 32.6. The fraction of sp³-hybridized carbons (Fsp3) is 0.154. The number of nitrogens with zero attached hydrogens (tertiary/aromatic N) is 4. The van der Waals surface area contributed by atoms with Gasteiger partial charge in [0, 0.05) is 28.2 Å². The quantitative estimate of drug-likeness (QED) is 0.0919. The van der Waals surface area contributed by atoms with Crippen molar-refractivity contribution in [3.8, 4) is 0 Å². The lowest BCUT2D eigenvalue weighted by Crippen LogP contribution is -2.25. The van der Waals surface area contributed by atoms with Crippen molar-refractivity contribution in [2.45, 2.75) is 16.1 Å². The van der Waals surface area contributed by atoms with E-state index in [4.69, 9.17) is 5.53 Å². The maximum Gasteiger partial charge on any atom is 0.235 e. The maximum atomic E-state index is 12.5. The fourth-order valence-electron chi connectivity index (χ4n) is 4.09. The minimum absolute atomic E-state index is 0.182. The van der Waals surface area contributed by atoms with Crippen LogP contribution in [0.5, 0.6) is 0 Å². The zero-order valence-corrected chi connectivity index (χ0v) is 20.3. The van der Waals surface area contributed by atoms with E-state index in [-0.39, 0.29) is 6.54 Å². The first-order valence-corrected chi connectivity index (χ1v) is 13.4. The Hall–Kier alpha value is -3.45. The minimum atomic E-state index is -3.53. The smallest absolute Gasteiger partial charge is 0.235 e. The minimum Gasteiger partial charge on any atom is -0.249 e. The SMILES string of the molecule is CS(=O)(=O)n1cc(SC(c2ccccc2)(c2ccccc2)c2ccccc2)cc1CCN=[N+]=[N-]. The number of thioether (sulfide) groups is 1. The Balaban J connectivity index is 1.93. The molecule has 4 aromatic rings. The summed E-state index contributed by atoms with van der Waals surface area (Å²) < 4.78 is 25.7. The molecule has 3 aromatic carbocycles. The molecule has 0 saturated carbocycles. The molecule has 0 bridgehead atoms. The molecular formula is C26H24N4O2S2. The maximum absolute atomic E-state index is 12.5. The van der Waals surface area contributed by atoms with E-state index in [1.165, 1.54) is 10.2 Å². The molecule has 0 atom stereocenters. The predicted molar refractivity (Wildman–Crippen MR) is 137 cm³/mol. The highest BCUT2D eigenvalue weighted by Crippen LogP contribution is 2.51. The summed E-state index contributed by atoms with van der Waals surface area (Å²) in [5.41, 5.74) is 12.5. The van der Waals surface area contributed by atoms with Crippen molar-refractivity contribution in [1.82, 2.24) is 3.97 Å². The molecular weight excluding hydrogens is 464 g/mol. The third-order valence-corrected chi connectivity index (χ3v) is 8.06. The van der Waals surface area contributed by atoms with Crippen molar-refractivity contribution < 1.29 is 8.42 Å². The van der Waals surface area contributed by atoms with Crippen LogP contribution >= 0.6 is 11.8 Å². The number of azide groups is 1. The number of hydrogen-bond acceptors (Lipinski definition) is 4. The molecule has 0 saturated heterocycles. The molecule has 0 N–H and O–H groups in total. The van der Waals surface area contributed by atoms with Crippen LogP contribution in [0.4, 0.5) is 0 Å². The van der Waals surface area contributed by atoms with Crippen LogP contribution in [0.1, 0.15) is 22.4 Å². The topological polar surface area (TPSA) is 87.8 Å². The summed E-state index contributed by atoms with van der Waals surface area (Å²) >= 11 is 1.60. The normalized spacial score (nSPS) is 11.7. The third-order valence-electron chi connectivity index (χ3n) is 5.54. The molecule has 0 radical (unpaired) electrons. The Labute approximate surface area is 203 Å². The van der Waals surface area contributed by atoms with Gasteiger partial charge in [0.25, 0.3) is 0 Å². The summed E-state index contributed by atoms with van der Waals surface area (Å²) in [7, 11) is -3.53. The monoisotopic (exact) mass is 488 g/mol. The van der Waals surface area contributed by atoms with Gasteiger partial charge in [-0.1, -0.05) is 96.1 Å². The Kier molecular flexibility index (Phi) is 7.12. The number of hydrogen-bond donors (Lipinski definition) is 0. The highest BCUT2D eigenvalue weighted by Gasteiger charge is 2.38. The lowest BCUT2D eigenvalue weighted by Gasteiger charge is -2.35. The van der Waals surface area contributed by atoms with Gasteiger partial charge in [0.15, 0.2) is 0 Å². The van der Waals surface area contributed by atoms with Gasteiger partial charge in [-0.15, -0.1) is 11.8 Å². The highest BCUT2D eigenvalue weighted by atomic mass is 32.2. The van der Waals surface area contributed by atoms with Crippen molar-refractivity contribution >= 4 is 21.8 Å². The summed E-state index contributed by atoms with van der Waals surface area (Å²) in [5, 5.41) is 3.58. The van der Waals surface area contributed by atoms with Crippen LogP contribution < -0.4 is 0 Å². The molecule has 0 aliphatic rings. The fourth-order valence-corrected chi connectivity index (χ4v) is 6.50. The van der Waals surface area contributed by atoms with E-state index in [0.29, 0.717) is 12.1 Å². The van der Waals surface area contributed by atoms with Gasteiger partial charge in [-0.25, -0.2) is 12.4 Å². The first-order chi connectivity index (χ1) is 16.4. The van der Waals surface area contributed by atoms with Crippen LogP contribution in [0, 0.1) is 0 Å². The number of benzene rings is 3. The Morgan fingerprint density at radius 3 is 1.76 bits per heavy atom. The molecule has 0 aliphatic carbocycles. The van der Waals surface area contributed by atoms with E-state index in [1.807, 2.05) is 60.7 Å². The van der Waals surface area contributed by atoms with E-state index in [1.54, 1.807) is 18.0 Å². The van der Waals surface area contributed by atoms with E-state index < -0.39 is 14.8 Å². The summed E-state index contributed by atoms with van der Waals surface area (Å²) in [6.07, 6.45) is 3.17. The highest BCUT2D eigenvalue weighted by molar-refractivity contribution is 8.00. The Bertz CT molecular complexity index is 1300. The molecule has 1 aromatic heterocycles. The van der Waals surface area contributed by atoms with Gasteiger partial charge in [0.2, 0.25) is 10.0 Å². The summed E-state index contributed by atoms with van der Waals surface area (Å²) in [6.45, 7) is 0.182. The average molecular weight is 489 g/mol. The molecule has 0 aliphatic heterocycles. The van der Waals surface area contributed by atoms with E-state index in [2.05, 4.69) is 46.4 Å². The van der Waals surface area contributed by atoms with Crippen LogP contribution in [0.15, 0.2) is 113 Å². The lowest BCUT2D eigenvalue weighted by molar-refractivity contribution is 0.591. The van der Waals surface area contributed by atoms with Crippen LogP contribution in [0.25, 0.3) is 10.4 Å². The zero-order chi connectivity index (χ0) is 24.0. The molecule has 0 unspecified atom stereocenters. The molecule has 172 valence electrons. The van der Waals surface area contributed by atoms with Crippen molar-refractivity contribution in [3.05, 3.63) is 136 Å². The van der Waals surface area contributed by atoms with Crippen LogP contribution in [0.3, 0.4) is 0 Å². The molecule has 1 heterocycles. The van der Waals surface area contributed by atoms with Gasteiger partial charge < -0.3 is 0 Å². The molecule has 0 fully saturated rings. The average Bonchev–Trinajstić information content (AvgIpc) is 3.27. The van der Waals surface area contributed by atoms with Crippen LogP contribution in [-0.4, -0.2) is 25.2 Å². The second kappa shape index (κ2) is 10.2. The Morgan fingerprint density at radius 1 is 0.882 bits per heavy atom. The predicted octanol–water partition coefficient (Wildman–Crippen LogP) is 6.23. The summed E-state index contributed by atoms with van der Waals surface area (Å²) in [5.74, 6) is 0. The van der Waals surface area contributed by atoms with Gasteiger partial charge in [-0.05, 0) is 34.7 Å². The molecule has 8 heteroatoms. The van der Waals surface area contributed by atoms with Gasteiger partial charge in [0.05, 0.1) is 11.0 Å². The molecule has 6 nitrogen and oxygen atoms in total. The molecule has 4 rings (SSSR count). The largest absolute Gasteiger partial charge is 0.249 e. The van der Waals surface area contributed by atoms with Gasteiger partial charge in [-0.2, -0.15) is 0 Å². The van der Waals surface area contributed by atoms with E-state index >= 15 is 0 Å². The molecule has 0 amide bonds. The number of rotatable bonds is 9. The number of aromatic nitrogens is 1. The van der Waals surface area contributed by atoms with Gasteiger partial charge in [0.1, 0.15) is 0 Å². The lowest BCUT2D eigenvalue weighted by atomic mass is 9.84. The van der Waals surface area contributed by atoms with Crippen molar-refractivity contribution in [2.24, 2.45) is 5.11 Å². The van der Waals surface area contributed by atoms with Crippen molar-refractivity contribution in [3.63, 3.8) is 0 Å². The standard InChI is InChI=1S/C26H24N4O2S2/c1-34(31,32)30-20-25(19-24(30)17-18-28-29-27)33-26(21-11-5-2-6-12-21,22-13-7-3-8-14-22)23-15-9-4-10-16-23/h2-16,19-20H,17-18H2,1H3. The second-order valence-corrected chi connectivity index (χ2v) is 11.0. The molecule has 34 heavy (non-hydrogen) atoms. The van der Waals surface area contributed by atoms with Gasteiger partial charge in [-0.3, -0.25) is 0 Å². The first-order valence-electron chi connectivity index (χ1n) is 10.7. The van der Waals surface area contributed by atoms with Crippen LogP contribution in [-0.2, 0) is 21.2 Å². The van der Waals surface area contributed by atoms with E-state index in [0.717, 1.165) is 21.6 Å². The van der Waals surface area contributed by atoms with E-state index in [9.17, 15) is 8.42 Å². The first kappa shape index (κ1) is 23.7. The Morgan fingerprint density at radius 2 is 1.35 bits per heavy atom. The third kappa shape index (κ3) is 4.89. The van der Waals surface area contributed by atoms with Crippen LogP contribution in [0.2, 0.25) is 0 Å². The second-order valence-electron chi connectivity index (χ2n) is 7.81. The van der Waals surface area contributed by atoms with Crippen molar-refractivity contribution in [1.29, 1.82) is 0 Å². The van der Waals surface area contributed by atoms with Gasteiger partial charge >= 0.3 is 0 Å². The zero-order valence-electron chi connectivity index (χ0n) is 18.7. The molecule has 0 spiro atoms. The van der Waals surface area contributed by atoms with Crippen molar-refractivity contribution in [2.75, 3.05) is 12.8 Å². The summed E-state index contributed by atoms with van der Waals surface area (Å²) in [4.78, 5) is 3.59.